The maximum absolute atomic E-state index is 11.9. The van der Waals surface area contributed by atoms with Crippen LogP contribution >= 0.6 is 0 Å². The molecule has 0 fully saturated rings. The van der Waals surface area contributed by atoms with Crippen LogP contribution in [0.2, 0.25) is 0 Å². The standard InChI is InChI=1S/C14H14N4O3.CH4O.Mo.2O/c1-9-13(20)12(11(8-19)6-16-9)7-17-18-14(21)10-2-4-15-5-3-10;1-2;;;/h2-7,19-20H,8H2,1H3,(H,18,21);2H,1H3;;;/q;;;2*-2/p-2/b17-7+;;;;. The Morgan fingerprint density at radius 3 is 2.35 bits per heavy atom. The van der Waals surface area contributed by atoms with Gasteiger partial charge in [0.05, 0.1) is 12.8 Å². The average Bonchev–Trinajstić information content (AvgIpc) is 2.61. The zero-order valence-electron chi connectivity index (χ0n) is 13.9. The fourth-order valence-corrected chi connectivity index (χ4v) is 1.60. The zero-order chi connectivity index (χ0) is 17.2. The van der Waals surface area contributed by atoms with Gasteiger partial charge in [0.25, 0.3) is 0 Å². The molecule has 0 radical (unpaired) electrons. The summed E-state index contributed by atoms with van der Waals surface area (Å²) in [5.74, 6) is -0.894. The zero-order valence-corrected chi connectivity index (χ0v) is 15.9. The minimum atomic E-state index is -0.544. The Labute approximate surface area is 164 Å². The van der Waals surface area contributed by atoms with Gasteiger partial charge >= 0.3 is 0 Å². The molecule has 0 bridgehead atoms. The molecule has 0 aliphatic carbocycles. The van der Waals surface area contributed by atoms with Crippen molar-refractivity contribution in [3.63, 3.8) is 0 Å². The van der Waals surface area contributed by atoms with Crippen molar-refractivity contribution in [1.82, 2.24) is 9.97 Å². The van der Waals surface area contributed by atoms with Gasteiger partial charge in [-0.2, -0.15) is 10.2 Å². The predicted octanol–water partition coefficient (Wildman–Crippen LogP) is -1.14. The van der Waals surface area contributed by atoms with E-state index >= 15 is 0 Å². The molecule has 0 unspecified atom stereocenters. The monoisotopic (exact) mass is 446 g/mol. The average molecular weight is 444 g/mol. The molecule has 2 N–H and O–H groups in total. The van der Waals surface area contributed by atoms with Crippen molar-refractivity contribution < 1.29 is 52.4 Å². The number of aliphatic hydroxyl groups excluding tert-OH is 2. The molecule has 0 saturated heterocycles. The minimum Gasteiger partial charge on any atom is -2.00 e. The van der Waals surface area contributed by atoms with Gasteiger partial charge in [0, 0.05) is 63.9 Å². The Morgan fingerprint density at radius 2 is 1.81 bits per heavy atom. The number of pyridine rings is 2. The number of aliphatic hydroxyl groups is 2. The van der Waals surface area contributed by atoms with Gasteiger partial charge in [0.15, 0.2) is 0 Å². The van der Waals surface area contributed by atoms with Gasteiger partial charge in [-0.1, -0.05) is 5.75 Å². The molecule has 0 atom stereocenters. The summed E-state index contributed by atoms with van der Waals surface area (Å²) in [6, 6.07) is 3.02. The van der Waals surface area contributed by atoms with Crippen molar-refractivity contribution >= 4 is 12.1 Å². The summed E-state index contributed by atoms with van der Waals surface area (Å²) in [5, 5.41) is 46.9. The first kappa shape index (κ1) is 28.6. The van der Waals surface area contributed by atoms with Crippen molar-refractivity contribution in [2.24, 2.45) is 10.2 Å². The molecule has 0 aliphatic heterocycles. The summed E-state index contributed by atoms with van der Waals surface area (Å²) in [4.78, 5) is 7.65. The molecule has 0 spiro atoms. The summed E-state index contributed by atoms with van der Waals surface area (Å²) in [6.07, 6.45) is 5.49. The first-order chi connectivity index (χ1) is 11.1. The third-order valence-electron chi connectivity index (χ3n) is 2.77. The van der Waals surface area contributed by atoms with E-state index in [2.05, 4.69) is 20.2 Å². The number of aromatic nitrogens is 2. The Hall–Kier alpha value is -2.23. The Kier molecular flexibility index (Phi) is 16.5. The molecule has 0 saturated carbocycles. The Bertz CT molecular complexity index is 698. The van der Waals surface area contributed by atoms with E-state index in [0.29, 0.717) is 11.1 Å². The van der Waals surface area contributed by atoms with Gasteiger partial charge in [-0.15, -0.1) is 0 Å². The van der Waals surface area contributed by atoms with Crippen LogP contribution in [-0.2, 0) is 38.6 Å². The fraction of sp³-hybridized carbons (Fsp3) is 0.200. The maximum Gasteiger partial charge on any atom is 0.0703 e. The second kappa shape index (κ2) is 15.1. The predicted molar refractivity (Wildman–Crippen MR) is 82.2 cm³/mol. The van der Waals surface area contributed by atoms with Crippen LogP contribution < -0.4 is 10.2 Å². The molecule has 0 amide bonds. The van der Waals surface area contributed by atoms with Crippen LogP contribution in [0.25, 0.3) is 0 Å². The van der Waals surface area contributed by atoms with Crippen LogP contribution in [0.15, 0.2) is 40.9 Å². The molecule has 2 rings (SSSR count). The molecular weight excluding hydrogens is 428 g/mol. The molecule has 144 valence electrons. The first-order valence-electron chi connectivity index (χ1n) is 6.53. The molecule has 10 nitrogen and oxygen atoms in total. The van der Waals surface area contributed by atoms with E-state index < -0.39 is 5.90 Å². The van der Waals surface area contributed by atoms with Crippen molar-refractivity contribution in [2.75, 3.05) is 7.11 Å². The van der Waals surface area contributed by atoms with Gasteiger partial charge < -0.3 is 31.4 Å². The SMILES string of the molecule is CO.Cc1ncc(CO)c(/C=N/N=C(\[O-])c2ccncc2)c1[O-].[Mo].[O-2].[O-2]. The van der Waals surface area contributed by atoms with E-state index in [9.17, 15) is 15.3 Å². The number of nitrogens with zero attached hydrogens (tertiary/aromatic N) is 4. The van der Waals surface area contributed by atoms with Crippen molar-refractivity contribution in [3.05, 3.63) is 53.1 Å². The summed E-state index contributed by atoms with van der Waals surface area (Å²) < 4.78 is 0. The Morgan fingerprint density at radius 1 is 1.23 bits per heavy atom. The molecule has 0 aromatic carbocycles. The van der Waals surface area contributed by atoms with E-state index in [4.69, 9.17) is 5.11 Å². The van der Waals surface area contributed by atoms with Crippen molar-refractivity contribution in [3.8, 4) is 5.75 Å². The van der Waals surface area contributed by atoms with Crippen LogP contribution in [0.5, 0.6) is 5.75 Å². The smallest absolute Gasteiger partial charge is 0.0703 e. The molecule has 2 aromatic heterocycles. The second-order valence-electron chi connectivity index (χ2n) is 4.16. The normalized spacial score (nSPS) is 9.92. The fourth-order valence-electron chi connectivity index (χ4n) is 1.60. The molecule has 11 heteroatoms. The largest absolute Gasteiger partial charge is 2.00 e. The van der Waals surface area contributed by atoms with Crippen LogP contribution in [0.4, 0.5) is 0 Å². The summed E-state index contributed by atoms with van der Waals surface area (Å²) in [7, 11) is 1.00. The third kappa shape index (κ3) is 7.77. The van der Waals surface area contributed by atoms with Gasteiger partial charge in [0.1, 0.15) is 0 Å². The number of hydrogen-bond acceptors (Lipinski definition) is 8. The number of hydrogen-bond donors (Lipinski definition) is 2. The molecular formula is C15H16MoN4O6-6. The van der Waals surface area contributed by atoms with Crippen LogP contribution in [0.1, 0.15) is 22.4 Å². The quantitative estimate of drug-likeness (QED) is 0.259. The second-order valence-corrected chi connectivity index (χ2v) is 4.16. The Balaban J connectivity index is -0.00000102. The van der Waals surface area contributed by atoms with Crippen molar-refractivity contribution in [1.29, 1.82) is 0 Å². The van der Waals surface area contributed by atoms with E-state index in [1.54, 1.807) is 6.92 Å². The van der Waals surface area contributed by atoms with Crippen LogP contribution in [0, 0.1) is 6.92 Å². The first-order valence-corrected chi connectivity index (χ1v) is 6.53. The molecule has 2 heterocycles. The summed E-state index contributed by atoms with van der Waals surface area (Å²) in [6.45, 7) is 1.21. The van der Waals surface area contributed by atoms with E-state index in [0.717, 1.165) is 13.3 Å². The van der Waals surface area contributed by atoms with Gasteiger partial charge in [-0.05, 0) is 30.2 Å². The van der Waals surface area contributed by atoms with E-state index in [-0.39, 0.29) is 55.6 Å². The van der Waals surface area contributed by atoms with E-state index in [1.165, 1.54) is 30.7 Å². The number of rotatable bonds is 4. The van der Waals surface area contributed by atoms with Gasteiger partial charge in [-0.25, -0.2) is 0 Å². The topological polar surface area (TPSA) is 194 Å². The van der Waals surface area contributed by atoms with Gasteiger partial charge in [-0.3, -0.25) is 9.97 Å². The molecule has 0 aliphatic rings. The van der Waals surface area contributed by atoms with Crippen LogP contribution in [-0.4, -0.2) is 39.4 Å². The third-order valence-corrected chi connectivity index (χ3v) is 2.77. The van der Waals surface area contributed by atoms with E-state index in [1.807, 2.05) is 0 Å². The summed E-state index contributed by atoms with van der Waals surface area (Å²) >= 11 is 0. The van der Waals surface area contributed by atoms with Crippen molar-refractivity contribution in [2.45, 2.75) is 13.5 Å². The maximum atomic E-state index is 11.9. The molecule has 26 heavy (non-hydrogen) atoms. The minimum absolute atomic E-state index is 0. The van der Waals surface area contributed by atoms with Crippen LogP contribution in [0.3, 0.4) is 0 Å². The number of aryl methyl sites for hydroxylation is 1. The van der Waals surface area contributed by atoms with Gasteiger partial charge in [0.2, 0.25) is 0 Å². The summed E-state index contributed by atoms with van der Waals surface area (Å²) in [5.41, 5.74) is 1.14. The molecule has 2 aromatic rings.